The highest BCUT2D eigenvalue weighted by molar-refractivity contribution is 14.1. The fraction of sp³-hybridized carbons (Fsp3) is 0.900. The van der Waals surface area contributed by atoms with Crippen LogP contribution in [0.4, 0.5) is 0 Å². The van der Waals surface area contributed by atoms with Crippen molar-refractivity contribution < 1.29 is 14.6 Å². The fourth-order valence-electron chi connectivity index (χ4n) is 1.40. The third kappa shape index (κ3) is 7.21. The Balaban J connectivity index is 4.19. The minimum Gasteiger partial charge on any atom is -0.395 e. The molecule has 4 nitrogen and oxygen atoms in total. The molecule has 0 aromatic rings. The molecule has 1 N–H and O–H groups in total. The van der Waals surface area contributed by atoms with Crippen LogP contribution in [0, 0.1) is 0 Å². The van der Waals surface area contributed by atoms with Crippen LogP contribution in [0.3, 0.4) is 0 Å². The largest absolute Gasteiger partial charge is 0.395 e. The molecular weight excluding hydrogens is 309 g/mol. The van der Waals surface area contributed by atoms with E-state index in [-0.39, 0.29) is 12.6 Å². The quantitative estimate of drug-likeness (QED) is 0.385. The number of aliphatic hydroxyl groups excluding tert-OH is 1. The summed E-state index contributed by atoms with van der Waals surface area (Å²) in [4.78, 5) is 12.9. The summed E-state index contributed by atoms with van der Waals surface area (Å²) in [6, 6.07) is -0.112. The van der Waals surface area contributed by atoms with Gasteiger partial charge in [0, 0.05) is 24.1 Å². The van der Waals surface area contributed by atoms with E-state index in [0.29, 0.717) is 23.6 Å². The first-order chi connectivity index (χ1) is 7.15. The molecule has 0 spiro atoms. The Morgan fingerprint density at radius 1 is 1.53 bits per heavy atom. The van der Waals surface area contributed by atoms with Gasteiger partial charge in [-0.3, -0.25) is 4.90 Å². The van der Waals surface area contributed by atoms with Gasteiger partial charge in [-0.05, 0) is 6.42 Å². The number of rotatable bonds is 9. The van der Waals surface area contributed by atoms with Gasteiger partial charge in [-0.1, -0.05) is 29.5 Å². The van der Waals surface area contributed by atoms with E-state index in [2.05, 4.69) is 29.5 Å². The van der Waals surface area contributed by atoms with Crippen molar-refractivity contribution in [2.24, 2.45) is 0 Å². The van der Waals surface area contributed by atoms with Gasteiger partial charge in [0.1, 0.15) is 6.29 Å². The molecule has 0 aromatic carbocycles. The number of carbonyl (C=O) groups is 1. The molecule has 2 unspecified atom stereocenters. The van der Waals surface area contributed by atoms with Crippen LogP contribution in [0.2, 0.25) is 0 Å². The van der Waals surface area contributed by atoms with E-state index in [4.69, 9.17) is 9.84 Å². The highest BCUT2D eigenvalue weighted by atomic mass is 127. The zero-order valence-electron chi connectivity index (χ0n) is 9.36. The lowest BCUT2D eigenvalue weighted by Gasteiger charge is -2.27. The van der Waals surface area contributed by atoms with Crippen molar-refractivity contribution in [1.82, 2.24) is 4.90 Å². The highest BCUT2D eigenvalue weighted by Crippen LogP contribution is 2.11. The Hall–Kier alpha value is 0.280. The second-order valence-corrected chi connectivity index (χ2v) is 5.60. The SMILES string of the molecule is COCCN(CCO)C(C=O)CC(C)I. The van der Waals surface area contributed by atoms with Crippen molar-refractivity contribution in [1.29, 1.82) is 0 Å². The van der Waals surface area contributed by atoms with Gasteiger partial charge in [0.2, 0.25) is 0 Å². The molecule has 2 atom stereocenters. The highest BCUT2D eigenvalue weighted by Gasteiger charge is 2.18. The Bertz CT molecular complexity index is 167. The lowest BCUT2D eigenvalue weighted by atomic mass is 10.1. The van der Waals surface area contributed by atoms with Crippen molar-refractivity contribution in [3.63, 3.8) is 0 Å². The molecule has 0 bridgehead atoms. The second kappa shape index (κ2) is 9.50. The summed E-state index contributed by atoms with van der Waals surface area (Å²) in [7, 11) is 1.63. The van der Waals surface area contributed by atoms with E-state index in [9.17, 15) is 4.79 Å². The van der Waals surface area contributed by atoms with Crippen LogP contribution in [0.5, 0.6) is 0 Å². The molecule has 5 heteroatoms. The summed E-state index contributed by atoms with van der Waals surface area (Å²) >= 11 is 2.30. The summed E-state index contributed by atoms with van der Waals surface area (Å²) < 4.78 is 5.42. The van der Waals surface area contributed by atoms with Gasteiger partial charge in [0.15, 0.2) is 0 Å². The first-order valence-corrected chi connectivity index (χ1v) is 6.33. The molecule has 0 saturated carbocycles. The number of methoxy groups -OCH3 is 1. The van der Waals surface area contributed by atoms with Crippen molar-refractivity contribution >= 4 is 28.9 Å². The predicted octanol–water partition coefficient (Wildman–Crippen LogP) is 0.708. The monoisotopic (exact) mass is 329 g/mol. The maximum atomic E-state index is 11.0. The first-order valence-electron chi connectivity index (χ1n) is 5.08. The van der Waals surface area contributed by atoms with E-state index in [1.165, 1.54) is 0 Å². The molecule has 15 heavy (non-hydrogen) atoms. The first kappa shape index (κ1) is 15.3. The van der Waals surface area contributed by atoms with Crippen LogP contribution in [0.1, 0.15) is 13.3 Å². The number of carbonyl (C=O) groups excluding carboxylic acids is 1. The van der Waals surface area contributed by atoms with E-state index < -0.39 is 0 Å². The normalized spacial score (nSPS) is 15.3. The topological polar surface area (TPSA) is 49.8 Å². The lowest BCUT2D eigenvalue weighted by molar-refractivity contribution is -0.113. The number of halogens is 1. The van der Waals surface area contributed by atoms with Crippen LogP contribution in [-0.2, 0) is 9.53 Å². The molecule has 0 aliphatic rings. The third-order valence-electron chi connectivity index (χ3n) is 2.16. The van der Waals surface area contributed by atoms with Crippen LogP contribution >= 0.6 is 22.6 Å². The van der Waals surface area contributed by atoms with Gasteiger partial charge in [-0.15, -0.1) is 0 Å². The van der Waals surface area contributed by atoms with Crippen LogP contribution < -0.4 is 0 Å². The minimum absolute atomic E-state index is 0.0731. The van der Waals surface area contributed by atoms with E-state index in [1.807, 2.05) is 4.90 Å². The molecule has 0 aliphatic heterocycles. The maximum absolute atomic E-state index is 11.0. The Kier molecular flexibility index (Phi) is 9.68. The molecule has 0 rings (SSSR count). The summed E-state index contributed by atoms with van der Waals surface area (Å²) in [5.74, 6) is 0. The number of hydrogen-bond donors (Lipinski definition) is 1. The van der Waals surface area contributed by atoms with Gasteiger partial charge in [-0.25, -0.2) is 0 Å². The van der Waals surface area contributed by atoms with Gasteiger partial charge < -0.3 is 14.6 Å². The number of aliphatic hydroxyl groups is 1. The smallest absolute Gasteiger partial charge is 0.137 e. The van der Waals surface area contributed by atoms with Gasteiger partial charge in [0.25, 0.3) is 0 Å². The average Bonchev–Trinajstić information content (AvgIpc) is 2.20. The standard InChI is InChI=1S/C10H20INO3/c1-9(11)7-10(8-14)12(3-5-13)4-6-15-2/h8-10,13H,3-7H2,1-2H3. The minimum atomic E-state index is -0.112. The van der Waals surface area contributed by atoms with Gasteiger partial charge in [0.05, 0.1) is 19.3 Å². The van der Waals surface area contributed by atoms with Crippen molar-refractivity contribution in [3.05, 3.63) is 0 Å². The summed E-state index contributed by atoms with van der Waals surface area (Å²) in [6.07, 6.45) is 1.77. The van der Waals surface area contributed by atoms with Crippen molar-refractivity contribution in [2.75, 3.05) is 33.4 Å². The van der Waals surface area contributed by atoms with E-state index >= 15 is 0 Å². The third-order valence-corrected chi connectivity index (χ3v) is 2.67. The number of aldehydes is 1. The fourth-order valence-corrected chi connectivity index (χ4v) is 1.92. The molecule has 90 valence electrons. The summed E-state index contributed by atoms with van der Waals surface area (Å²) in [5, 5.41) is 8.91. The molecule has 0 aliphatic carbocycles. The lowest BCUT2D eigenvalue weighted by Crippen LogP contribution is -2.41. The average molecular weight is 329 g/mol. The van der Waals surface area contributed by atoms with Gasteiger partial charge >= 0.3 is 0 Å². The Labute approximate surface area is 105 Å². The zero-order chi connectivity index (χ0) is 11.7. The van der Waals surface area contributed by atoms with Gasteiger partial charge in [-0.2, -0.15) is 0 Å². The Morgan fingerprint density at radius 2 is 2.20 bits per heavy atom. The molecular formula is C10H20INO3. The van der Waals surface area contributed by atoms with Crippen LogP contribution in [-0.4, -0.2) is 59.7 Å². The molecule has 0 fully saturated rings. The summed E-state index contributed by atoms with van der Waals surface area (Å²) in [6.45, 7) is 3.94. The van der Waals surface area contributed by atoms with Crippen molar-refractivity contribution in [2.45, 2.75) is 23.3 Å². The van der Waals surface area contributed by atoms with Crippen molar-refractivity contribution in [3.8, 4) is 0 Å². The molecule has 0 heterocycles. The number of nitrogens with zero attached hydrogens (tertiary/aromatic N) is 1. The Morgan fingerprint density at radius 3 is 2.60 bits per heavy atom. The number of alkyl halides is 1. The predicted molar refractivity (Wildman–Crippen MR) is 68.5 cm³/mol. The number of ether oxygens (including phenoxy) is 1. The van der Waals surface area contributed by atoms with Crippen LogP contribution in [0.25, 0.3) is 0 Å². The molecule has 0 aromatic heterocycles. The van der Waals surface area contributed by atoms with Crippen LogP contribution in [0.15, 0.2) is 0 Å². The van der Waals surface area contributed by atoms with E-state index in [0.717, 1.165) is 12.7 Å². The molecule has 0 amide bonds. The maximum Gasteiger partial charge on any atom is 0.137 e. The second-order valence-electron chi connectivity index (χ2n) is 3.47. The zero-order valence-corrected chi connectivity index (χ0v) is 11.5. The number of hydrogen-bond acceptors (Lipinski definition) is 4. The van der Waals surface area contributed by atoms with E-state index in [1.54, 1.807) is 7.11 Å². The summed E-state index contributed by atoms with van der Waals surface area (Å²) in [5.41, 5.74) is 0. The molecule has 0 radical (unpaired) electrons. The molecule has 0 saturated heterocycles.